The highest BCUT2D eigenvalue weighted by Crippen LogP contribution is 2.48. The second-order valence-corrected chi connectivity index (χ2v) is 12.3. The number of nitrogens with zero attached hydrogens (tertiary/aromatic N) is 2. The quantitative estimate of drug-likeness (QED) is 0.186. The summed E-state index contributed by atoms with van der Waals surface area (Å²) < 4.78 is 2.40. The van der Waals surface area contributed by atoms with E-state index in [9.17, 15) is 0 Å². The Hall–Kier alpha value is -6.25. The zero-order valence-corrected chi connectivity index (χ0v) is 25.6. The molecule has 2 heterocycles. The smallest absolute Gasteiger partial charge is 0.0620 e. The van der Waals surface area contributed by atoms with Gasteiger partial charge in [0.25, 0.3) is 0 Å². The van der Waals surface area contributed by atoms with E-state index in [0.29, 0.717) is 0 Å². The van der Waals surface area contributed by atoms with Crippen molar-refractivity contribution in [1.29, 1.82) is 0 Å². The van der Waals surface area contributed by atoms with Crippen molar-refractivity contribution in [3.05, 3.63) is 170 Å². The van der Waals surface area contributed by atoms with Crippen LogP contribution in [0.5, 0.6) is 0 Å². The van der Waals surface area contributed by atoms with Crippen molar-refractivity contribution in [2.75, 3.05) is 0 Å². The summed E-state index contributed by atoms with van der Waals surface area (Å²) in [6.45, 7) is 0. The molecule has 0 unspecified atom stereocenters. The van der Waals surface area contributed by atoms with Crippen LogP contribution in [0.1, 0.15) is 0 Å². The van der Waals surface area contributed by atoms with Gasteiger partial charge < -0.3 is 4.57 Å². The predicted molar refractivity (Wildman–Crippen MR) is 199 cm³/mol. The van der Waals surface area contributed by atoms with Crippen molar-refractivity contribution in [3.63, 3.8) is 0 Å². The van der Waals surface area contributed by atoms with Crippen LogP contribution < -0.4 is 0 Å². The van der Waals surface area contributed by atoms with E-state index in [-0.39, 0.29) is 0 Å². The molecule has 2 heteroatoms. The standard InChI is InChI=1S/C45H28N2/c1-2-15-30(16-3-1)47-42-25-26-46-28-41(42)40-27-39(32-18-6-11-23-38(32)45(40)47)44-36-21-9-7-19-34(36)43(35-20-8-10-22-37(35)44)33-24-12-14-29-13-4-5-17-31(29)33/h1-28H. The summed E-state index contributed by atoms with van der Waals surface area (Å²) in [5, 5.41) is 12.4. The normalized spacial score (nSPS) is 11.8. The summed E-state index contributed by atoms with van der Waals surface area (Å²) >= 11 is 0. The van der Waals surface area contributed by atoms with Crippen molar-refractivity contribution in [1.82, 2.24) is 9.55 Å². The third kappa shape index (κ3) is 3.76. The zero-order valence-electron chi connectivity index (χ0n) is 25.6. The first-order chi connectivity index (χ1) is 23.4. The van der Waals surface area contributed by atoms with Gasteiger partial charge >= 0.3 is 0 Å². The van der Waals surface area contributed by atoms with Crippen molar-refractivity contribution in [2.24, 2.45) is 0 Å². The summed E-state index contributed by atoms with van der Waals surface area (Å²) in [5.74, 6) is 0. The number of para-hydroxylation sites is 1. The minimum atomic E-state index is 1.15. The Kier molecular flexibility index (Phi) is 5.61. The van der Waals surface area contributed by atoms with E-state index in [0.717, 1.165) is 16.6 Å². The molecule has 0 spiro atoms. The van der Waals surface area contributed by atoms with E-state index < -0.39 is 0 Å². The number of fused-ring (bicyclic) bond motifs is 8. The average Bonchev–Trinajstić information content (AvgIpc) is 3.48. The second-order valence-electron chi connectivity index (χ2n) is 12.3. The molecule has 0 saturated carbocycles. The molecule has 0 bridgehead atoms. The van der Waals surface area contributed by atoms with Gasteiger partial charge in [-0.25, -0.2) is 0 Å². The zero-order chi connectivity index (χ0) is 30.9. The van der Waals surface area contributed by atoms with Crippen LogP contribution in [0.25, 0.3) is 92.8 Å². The molecule has 0 aliphatic carbocycles. The van der Waals surface area contributed by atoms with E-state index in [2.05, 4.69) is 167 Å². The summed E-state index contributed by atoms with van der Waals surface area (Å²) in [6, 6.07) is 57.5. The first-order valence-corrected chi connectivity index (χ1v) is 16.1. The Labute approximate surface area is 271 Å². The molecular formula is C45H28N2. The SMILES string of the molecule is c1ccc(-n2c3ccncc3c3cc(-c4c5ccccc5c(-c5cccc6ccccc56)c5ccccc45)c4ccccc4c32)cc1. The summed E-state index contributed by atoms with van der Waals surface area (Å²) in [7, 11) is 0. The molecule has 0 amide bonds. The number of aromatic nitrogens is 2. The molecule has 10 aromatic rings. The molecule has 2 nitrogen and oxygen atoms in total. The van der Waals surface area contributed by atoms with Gasteiger partial charge in [-0.15, -0.1) is 0 Å². The number of pyridine rings is 1. The Bertz CT molecular complexity index is 2780. The maximum atomic E-state index is 4.61. The minimum absolute atomic E-state index is 1.15. The van der Waals surface area contributed by atoms with Gasteiger partial charge in [0, 0.05) is 34.2 Å². The van der Waals surface area contributed by atoms with Gasteiger partial charge in [0.15, 0.2) is 0 Å². The van der Waals surface area contributed by atoms with Crippen LogP contribution in [0.3, 0.4) is 0 Å². The van der Waals surface area contributed by atoms with Gasteiger partial charge in [0.2, 0.25) is 0 Å². The van der Waals surface area contributed by atoms with Gasteiger partial charge in [0.1, 0.15) is 0 Å². The third-order valence-electron chi connectivity index (χ3n) is 9.84. The number of rotatable bonds is 3. The Morgan fingerprint density at radius 3 is 1.64 bits per heavy atom. The van der Waals surface area contributed by atoms with Gasteiger partial charge in [-0.05, 0) is 84.2 Å². The fourth-order valence-corrected chi connectivity index (χ4v) is 7.92. The van der Waals surface area contributed by atoms with Gasteiger partial charge in [-0.3, -0.25) is 4.98 Å². The molecule has 10 rings (SSSR count). The maximum absolute atomic E-state index is 4.61. The van der Waals surface area contributed by atoms with Crippen LogP contribution in [0, 0.1) is 0 Å². The first-order valence-electron chi connectivity index (χ1n) is 16.1. The fraction of sp³-hybridized carbons (Fsp3) is 0. The highest BCUT2D eigenvalue weighted by Gasteiger charge is 2.22. The third-order valence-corrected chi connectivity index (χ3v) is 9.84. The average molecular weight is 597 g/mol. The van der Waals surface area contributed by atoms with E-state index in [4.69, 9.17) is 0 Å². The Balaban J connectivity index is 1.40. The predicted octanol–water partition coefficient (Wildman–Crippen LogP) is 12.1. The highest BCUT2D eigenvalue weighted by molar-refractivity contribution is 6.28. The van der Waals surface area contributed by atoms with Crippen molar-refractivity contribution in [2.45, 2.75) is 0 Å². The lowest BCUT2D eigenvalue weighted by Gasteiger charge is -2.20. The van der Waals surface area contributed by atoms with Gasteiger partial charge in [-0.2, -0.15) is 0 Å². The summed E-state index contributed by atoms with van der Waals surface area (Å²) in [4.78, 5) is 4.61. The monoisotopic (exact) mass is 596 g/mol. The second kappa shape index (κ2) is 10.1. The van der Waals surface area contributed by atoms with E-state index in [1.54, 1.807) is 0 Å². The van der Waals surface area contributed by atoms with Crippen LogP contribution in [0.15, 0.2) is 170 Å². The molecule has 0 saturated heterocycles. The Morgan fingerprint density at radius 1 is 0.383 bits per heavy atom. The summed E-state index contributed by atoms with van der Waals surface area (Å²) in [6.07, 6.45) is 3.92. The molecular weight excluding hydrogens is 569 g/mol. The lowest BCUT2D eigenvalue weighted by molar-refractivity contribution is 1.18. The maximum Gasteiger partial charge on any atom is 0.0620 e. The molecule has 47 heavy (non-hydrogen) atoms. The Morgan fingerprint density at radius 2 is 0.936 bits per heavy atom. The summed E-state index contributed by atoms with van der Waals surface area (Å²) in [5.41, 5.74) is 8.56. The molecule has 0 N–H and O–H groups in total. The molecule has 0 aliphatic heterocycles. The first kappa shape index (κ1) is 26.0. The van der Waals surface area contributed by atoms with Crippen LogP contribution in [-0.4, -0.2) is 9.55 Å². The lowest BCUT2D eigenvalue weighted by atomic mass is 9.83. The minimum Gasteiger partial charge on any atom is -0.309 e. The highest BCUT2D eigenvalue weighted by atomic mass is 15.0. The van der Waals surface area contributed by atoms with Crippen molar-refractivity contribution >= 4 is 64.9 Å². The van der Waals surface area contributed by atoms with Crippen molar-refractivity contribution < 1.29 is 0 Å². The molecule has 0 fully saturated rings. The number of hydrogen-bond acceptors (Lipinski definition) is 1. The fourth-order valence-electron chi connectivity index (χ4n) is 7.92. The number of hydrogen-bond donors (Lipinski definition) is 0. The molecule has 2 aromatic heterocycles. The van der Waals surface area contributed by atoms with Crippen LogP contribution >= 0.6 is 0 Å². The van der Waals surface area contributed by atoms with E-state index in [1.807, 2.05) is 12.4 Å². The lowest BCUT2D eigenvalue weighted by Crippen LogP contribution is -1.95. The van der Waals surface area contributed by atoms with E-state index in [1.165, 1.54) is 76.2 Å². The van der Waals surface area contributed by atoms with Gasteiger partial charge in [-0.1, -0.05) is 133 Å². The molecule has 0 aliphatic rings. The van der Waals surface area contributed by atoms with Gasteiger partial charge in [0.05, 0.1) is 11.0 Å². The van der Waals surface area contributed by atoms with Crippen molar-refractivity contribution in [3.8, 4) is 27.9 Å². The number of benzene rings is 8. The molecule has 8 aromatic carbocycles. The van der Waals surface area contributed by atoms with Crippen LogP contribution in [0.2, 0.25) is 0 Å². The van der Waals surface area contributed by atoms with E-state index >= 15 is 0 Å². The topological polar surface area (TPSA) is 17.8 Å². The molecule has 0 atom stereocenters. The van der Waals surface area contributed by atoms with Crippen LogP contribution in [-0.2, 0) is 0 Å². The van der Waals surface area contributed by atoms with Crippen LogP contribution in [0.4, 0.5) is 0 Å². The largest absolute Gasteiger partial charge is 0.309 e. The molecule has 0 radical (unpaired) electrons. The molecule has 218 valence electrons.